The number of anilines is 1. The number of aromatic nitrogens is 1. The Morgan fingerprint density at radius 1 is 1.13 bits per heavy atom. The van der Waals surface area contributed by atoms with E-state index in [9.17, 15) is 14.7 Å². The summed E-state index contributed by atoms with van der Waals surface area (Å²) in [5.74, 6) is -0.704. The molecule has 0 fully saturated rings. The summed E-state index contributed by atoms with van der Waals surface area (Å²) in [6.45, 7) is 7.65. The molecular formula is C29H26N4O4S. The minimum Gasteiger partial charge on any atom is -0.507 e. The number of aromatic hydroxyl groups is 1. The first-order valence-corrected chi connectivity index (χ1v) is 13.1. The molecular weight excluding hydrogens is 500 g/mol. The highest BCUT2D eigenvalue weighted by Gasteiger charge is 2.16. The molecule has 38 heavy (non-hydrogen) atoms. The zero-order valence-electron chi connectivity index (χ0n) is 21.2. The van der Waals surface area contributed by atoms with Crippen LogP contribution >= 0.6 is 11.3 Å². The SMILES string of the molecule is CCN(CC)c1ccc2cc(C(=O)N/N=C/c3cc(C)cc(-c4nc5ccccc5s4)c3O)c(=O)oc2c1. The molecule has 0 saturated carbocycles. The number of amides is 1. The highest BCUT2D eigenvalue weighted by Crippen LogP contribution is 2.37. The van der Waals surface area contributed by atoms with Gasteiger partial charge in [-0.1, -0.05) is 12.1 Å². The van der Waals surface area contributed by atoms with Crippen molar-refractivity contribution in [1.82, 2.24) is 10.4 Å². The highest BCUT2D eigenvalue weighted by atomic mass is 32.1. The monoisotopic (exact) mass is 526 g/mol. The third-order valence-electron chi connectivity index (χ3n) is 6.27. The van der Waals surface area contributed by atoms with Gasteiger partial charge in [0, 0.05) is 35.8 Å². The van der Waals surface area contributed by atoms with Crippen molar-refractivity contribution in [2.24, 2.45) is 5.10 Å². The van der Waals surface area contributed by atoms with Crippen LogP contribution in [0.1, 0.15) is 35.3 Å². The van der Waals surface area contributed by atoms with Crippen molar-refractivity contribution in [3.63, 3.8) is 0 Å². The second-order valence-electron chi connectivity index (χ2n) is 8.78. The number of hydrogen-bond acceptors (Lipinski definition) is 8. The van der Waals surface area contributed by atoms with Gasteiger partial charge in [-0.3, -0.25) is 4.79 Å². The van der Waals surface area contributed by atoms with E-state index in [-0.39, 0.29) is 11.3 Å². The van der Waals surface area contributed by atoms with E-state index >= 15 is 0 Å². The zero-order chi connectivity index (χ0) is 26.8. The first kappa shape index (κ1) is 25.2. The van der Waals surface area contributed by atoms with Crippen LogP contribution in [-0.4, -0.2) is 35.3 Å². The van der Waals surface area contributed by atoms with Gasteiger partial charge in [0.05, 0.1) is 22.0 Å². The standard InChI is InChI=1S/C29H26N4O4S/c1-4-33(5-2)20-11-10-18-14-22(29(36)37-24(18)15-20)27(35)32-30-16-19-12-17(3)13-21(26(19)34)28-31-23-8-6-7-9-25(23)38-28/h6-16,34H,4-5H2,1-3H3,(H,32,35)/b30-16+. The average Bonchev–Trinajstić information content (AvgIpc) is 3.34. The molecule has 0 aliphatic rings. The average molecular weight is 527 g/mol. The van der Waals surface area contributed by atoms with Crippen LogP contribution in [0.3, 0.4) is 0 Å². The van der Waals surface area contributed by atoms with Crippen molar-refractivity contribution >= 4 is 50.3 Å². The molecule has 3 aromatic carbocycles. The molecule has 2 N–H and O–H groups in total. The zero-order valence-corrected chi connectivity index (χ0v) is 22.0. The van der Waals surface area contributed by atoms with Gasteiger partial charge in [-0.15, -0.1) is 11.3 Å². The Kier molecular flexibility index (Phi) is 6.93. The minimum atomic E-state index is -0.751. The summed E-state index contributed by atoms with van der Waals surface area (Å²) in [4.78, 5) is 32.1. The van der Waals surface area contributed by atoms with Gasteiger partial charge < -0.3 is 14.4 Å². The summed E-state index contributed by atoms with van der Waals surface area (Å²) >= 11 is 1.48. The largest absolute Gasteiger partial charge is 0.507 e. The molecule has 8 nitrogen and oxygen atoms in total. The number of hydrazone groups is 1. The maximum Gasteiger partial charge on any atom is 0.349 e. The molecule has 0 saturated heterocycles. The molecule has 192 valence electrons. The number of rotatable bonds is 7. The Morgan fingerprint density at radius 3 is 2.68 bits per heavy atom. The van der Waals surface area contributed by atoms with Crippen LogP contribution in [0.15, 0.2) is 75.0 Å². The summed E-state index contributed by atoms with van der Waals surface area (Å²) in [6, 6.07) is 18.4. The first-order chi connectivity index (χ1) is 18.4. The summed E-state index contributed by atoms with van der Waals surface area (Å²) in [5.41, 5.74) is 5.55. The van der Waals surface area contributed by atoms with Crippen LogP contribution in [0, 0.1) is 6.92 Å². The molecule has 0 aliphatic heterocycles. The molecule has 2 heterocycles. The number of carbonyl (C=O) groups excluding carboxylic acids is 1. The second kappa shape index (κ2) is 10.5. The van der Waals surface area contributed by atoms with E-state index in [1.165, 1.54) is 23.6 Å². The van der Waals surface area contributed by atoms with Gasteiger partial charge in [-0.05, 0) is 68.8 Å². The number of fused-ring (bicyclic) bond motifs is 2. The molecule has 9 heteroatoms. The van der Waals surface area contributed by atoms with E-state index in [0.717, 1.165) is 34.6 Å². The lowest BCUT2D eigenvalue weighted by atomic mass is 10.1. The molecule has 0 atom stereocenters. The van der Waals surface area contributed by atoms with Crippen LogP contribution in [0.2, 0.25) is 0 Å². The predicted octanol–water partition coefficient (Wildman–Crippen LogP) is 5.69. The Bertz CT molecular complexity index is 1720. The normalized spacial score (nSPS) is 11.4. The Hall–Kier alpha value is -4.50. The predicted molar refractivity (Wildman–Crippen MR) is 153 cm³/mol. The van der Waals surface area contributed by atoms with Crippen molar-refractivity contribution in [3.05, 3.63) is 87.8 Å². The molecule has 0 radical (unpaired) electrons. The number of phenolic OH excluding ortho intramolecular Hbond substituents is 1. The number of benzene rings is 3. The van der Waals surface area contributed by atoms with Gasteiger partial charge in [0.1, 0.15) is 21.9 Å². The van der Waals surface area contributed by atoms with Crippen LogP contribution in [-0.2, 0) is 0 Å². The minimum absolute atomic E-state index is 0.00174. The lowest BCUT2D eigenvalue weighted by Crippen LogP contribution is -2.24. The van der Waals surface area contributed by atoms with Crippen molar-refractivity contribution in [2.45, 2.75) is 20.8 Å². The maximum absolute atomic E-state index is 12.7. The van der Waals surface area contributed by atoms with Gasteiger partial charge in [-0.25, -0.2) is 15.2 Å². The second-order valence-corrected chi connectivity index (χ2v) is 9.81. The molecule has 1 amide bonds. The lowest BCUT2D eigenvalue weighted by molar-refractivity contribution is 0.0951. The van der Waals surface area contributed by atoms with Crippen LogP contribution in [0.4, 0.5) is 5.69 Å². The van der Waals surface area contributed by atoms with E-state index in [0.29, 0.717) is 27.1 Å². The van der Waals surface area contributed by atoms with Crippen LogP contribution < -0.4 is 16.0 Å². The number of nitrogens with zero attached hydrogens (tertiary/aromatic N) is 3. The van der Waals surface area contributed by atoms with Gasteiger partial charge in [0.15, 0.2) is 0 Å². The molecule has 0 aliphatic carbocycles. The van der Waals surface area contributed by atoms with Gasteiger partial charge in [0.2, 0.25) is 0 Å². The number of hydrogen-bond donors (Lipinski definition) is 2. The van der Waals surface area contributed by atoms with E-state index in [1.54, 1.807) is 12.1 Å². The number of nitrogens with one attached hydrogen (secondary N) is 1. The third kappa shape index (κ3) is 4.88. The van der Waals surface area contributed by atoms with Crippen LogP contribution in [0.25, 0.3) is 31.8 Å². The van der Waals surface area contributed by atoms with Crippen molar-refractivity contribution in [1.29, 1.82) is 0 Å². The molecule has 5 aromatic rings. The van der Waals surface area contributed by atoms with Crippen LogP contribution in [0.5, 0.6) is 5.75 Å². The number of para-hydroxylation sites is 1. The van der Waals surface area contributed by atoms with E-state index in [2.05, 4.69) is 34.3 Å². The summed E-state index contributed by atoms with van der Waals surface area (Å²) in [7, 11) is 0. The Balaban J connectivity index is 1.38. The smallest absolute Gasteiger partial charge is 0.349 e. The number of thiazole rings is 1. The van der Waals surface area contributed by atoms with E-state index < -0.39 is 11.5 Å². The number of phenols is 1. The maximum atomic E-state index is 12.7. The van der Waals surface area contributed by atoms with Crippen molar-refractivity contribution < 1.29 is 14.3 Å². The first-order valence-electron chi connectivity index (χ1n) is 12.2. The summed E-state index contributed by atoms with van der Waals surface area (Å²) in [5, 5.41) is 16.2. The van der Waals surface area contributed by atoms with Gasteiger partial charge in [0.25, 0.3) is 5.91 Å². The number of carbonyl (C=O) groups is 1. The fourth-order valence-corrected chi connectivity index (χ4v) is 5.30. The summed E-state index contributed by atoms with van der Waals surface area (Å²) in [6.07, 6.45) is 1.34. The van der Waals surface area contributed by atoms with Crippen molar-refractivity contribution in [2.75, 3.05) is 18.0 Å². The third-order valence-corrected chi connectivity index (χ3v) is 7.34. The Labute approximate surface area is 222 Å². The van der Waals surface area contributed by atoms with Gasteiger partial charge >= 0.3 is 5.63 Å². The van der Waals surface area contributed by atoms with E-state index in [1.807, 2.05) is 49.4 Å². The lowest BCUT2D eigenvalue weighted by Gasteiger charge is -2.20. The molecule has 0 bridgehead atoms. The fraction of sp³-hybridized carbons (Fsp3) is 0.172. The topological polar surface area (TPSA) is 108 Å². The Morgan fingerprint density at radius 2 is 1.92 bits per heavy atom. The molecule has 5 rings (SSSR count). The van der Waals surface area contributed by atoms with E-state index in [4.69, 9.17) is 4.42 Å². The molecule has 2 aromatic heterocycles. The fourth-order valence-electron chi connectivity index (χ4n) is 4.32. The quantitative estimate of drug-likeness (QED) is 0.160. The highest BCUT2D eigenvalue weighted by molar-refractivity contribution is 7.21. The van der Waals surface area contributed by atoms with Gasteiger partial charge in [-0.2, -0.15) is 5.10 Å². The summed E-state index contributed by atoms with van der Waals surface area (Å²) < 4.78 is 6.46. The van der Waals surface area contributed by atoms with Crippen molar-refractivity contribution in [3.8, 4) is 16.3 Å². The molecule has 0 unspecified atom stereocenters. The molecule has 0 spiro atoms. The number of aryl methyl sites for hydroxylation is 1.